The molecule has 7 nitrogen and oxygen atoms in total. The topological polar surface area (TPSA) is 127 Å². The molecule has 8 heteroatoms. The number of benzene rings is 1. The highest BCUT2D eigenvalue weighted by atomic mass is 32.2. The third-order valence-corrected chi connectivity index (χ3v) is 4.68. The fourth-order valence-corrected chi connectivity index (χ4v) is 3.04. The van der Waals surface area contributed by atoms with Crippen molar-refractivity contribution in [3.05, 3.63) is 28.8 Å². The molecule has 1 atom stereocenters. The number of nitrogens with one attached hydrogen (secondary N) is 1. The second kappa shape index (κ2) is 7.56. The Balaban J connectivity index is 3.13. The smallest absolute Gasteiger partial charge is 0.326 e. The minimum atomic E-state index is -3.97. The molecule has 0 aliphatic carbocycles. The van der Waals surface area contributed by atoms with E-state index >= 15 is 0 Å². The summed E-state index contributed by atoms with van der Waals surface area (Å²) in [4.78, 5) is 23.3. The Morgan fingerprint density at radius 1 is 1.30 bits per heavy atom. The number of aliphatic carboxylic acids is 1. The molecule has 0 radical (unpaired) electrons. The summed E-state index contributed by atoms with van der Waals surface area (Å²) < 4.78 is 23.2. The van der Waals surface area contributed by atoms with Crippen molar-refractivity contribution >= 4 is 21.9 Å². The Labute approximate surface area is 135 Å². The first-order valence-corrected chi connectivity index (χ1v) is 8.80. The third kappa shape index (κ3) is 5.04. The highest BCUT2D eigenvalue weighted by molar-refractivity contribution is 7.89. The molecule has 0 bridgehead atoms. The number of aryl methyl sites for hydroxylation is 1. The molecular formula is C15H22N2O5S. The Morgan fingerprint density at radius 2 is 1.91 bits per heavy atom. The van der Waals surface area contributed by atoms with Crippen LogP contribution in [0.4, 0.5) is 0 Å². The lowest BCUT2D eigenvalue weighted by Gasteiger charge is -2.15. The van der Waals surface area contributed by atoms with Gasteiger partial charge in [-0.25, -0.2) is 18.4 Å². The van der Waals surface area contributed by atoms with Gasteiger partial charge in [0, 0.05) is 5.56 Å². The highest BCUT2D eigenvalue weighted by Crippen LogP contribution is 2.20. The van der Waals surface area contributed by atoms with Crippen molar-refractivity contribution < 1.29 is 23.1 Å². The zero-order valence-electron chi connectivity index (χ0n) is 13.4. The minimum Gasteiger partial charge on any atom is -0.480 e. The maximum Gasteiger partial charge on any atom is 0.326 e. The van der Waals surface area contributed by atoms with E-state index in [1.807, 2.05) is 6.92 Å². The summed E-state index contributed by atoms with van der Waals surface area (Å²) in [6, 6.07) is 1.67. The van der Waals surface area contributed by atoms with Crippen LogP contribution < -0.4 is 10.5 Å². The van der Waals surface area contributed by atoms with Gasteiger partial charge in [-0.1, -0.05) is 19.8 Å². The molecule has 1 amide bonds. The fraction of sp³-hybridized carbons (Fsp3) is 0.467. The molecule has 4 N–H and O–H groups in total. The molecule has 0 heterocycles. The Morgan fingerprint density at radius 3 is 2.39 bits per heavy atom. The van der Waals surface area contributed by atoms with Crippen molar-refractivity contribution in [3.63, 3.8) is 0 Å². The van der Waals surface area contributed by atoms with Crippen LogP contribution in [0.25, 0.3) is 0 Å². The number of carboxylic acids is 1. The van der Waals surface area contributed by atoms with Gasteiger partial charge >= 0.3 is 5.97 Å². The van der Waals surface area contributed by atoms with E-state index in [1.54, 1.807) is 13.8 Å². The lowest BCUT2D eigenvalue weighted by molar-refractivity contribution is -0.139. The molecular weight excluding hydrogens is 320 g/mol. The van der Waals surface area contributed by atoms with E-state index in [0.717, 1.165) is 6.42 Å². The number of nitrogens with two attached hydrogens (primary N) is 1. The first-order chi connectivity index (χ1) is 10.6. The maximum absolute atomic E-state index is 12.3. The monoisotopic (exact) mass is 342 g/mol. The standard InChI is InChI=1S/C15H22N2O5S/c1-4-5-6-12(15(19)20)17-14(18)11-7-9(2)10(3)13(8-11)23(16,21)22/h7-8,12H,4-6H2,1-3H3,(H,17,18)(H,19,20)(H2,16,21,22). The number of unbranched alkanes of at least 4 members (excludes halogenated alkanes) is 1. The predicted octanol–water partition coefficient (Wildman–Crippen LogP) is 1.32. The summed E-state index contributed by atoms with van der Waals surface area (Å²) in [6.45, 7) is 5.17. The normalized spacial score (nSPS) is 12.7. The molecule has 1 unspecified atom stereocenters. The molecule has 1 aromatic rings. The average Bonchev–Trinajstić information content (AvgIpc) is 2.44. The number of amides is 1. The van der Waals surface area contributed by atoms with Crippen LogP contribution in [0, 0.1) is 13.8 Å². The summed E-state index contributed by atoms with van der Waals surface area (Å²) in [5.41, 5.74) is 1.12. The lowest BCUT2D eigenvalue weighted by atomic mass is 10.0. The maximum atomic E-state index is 12.3. The summed E-state index contributed by atoms with van der Waals surface area (Å²) >= 11 is 0. The van der Waals surface area contributed by atoms with Gasteiger partial charge in [0.15, 0.2) is 0 Å². The predicted molar refractivity (Wildman–Crippen MR) is 85.7 cm³/mol. The molecule has 1 aromatic carbocycles. The van der Waals surface area contributed by atoms with E-state index < -0.39 is 27.9 Å². The van der Waals surface area contributed by atoms with Crippen LogP contribution in [0.5, 0.6) is 0 Å². The van der Waals surface area contributed by atoms with Gasteiger partial charge in [-0.15, -0.1) is 0 Å². The quantitative estimate of drug-likeness (QED) is 0.689. The van der Waals surface area contributed by atoms with Gasteiger partial charge in [-0.05, 0) is 43.5 Å². The van der Waals surface area contributed by atoms with Crippen LogP contribution in [0.3, 0.4) is 0 Å². The first-order valence-electron chi connectivity index (χ1n) is 7.25. The summed E-state index contributed by atoms with van der Waals surface area (Å²) in [5, 5.41) is 16.7. The highest BCUT2D eigenvalue weighted by Gasteiger charge is 2.22. The lowest BCUT2D eigenvalue weighted by Crippen LogP contribution is -2.40. The van der Waals surface area contributed by atoms with Crippen LogP contribution >= 0.6 is 0 Å². The third-order valence-electron chi connectivity index (χ3n) is 3.64. The van der Waals surface area contributed by atoms with Gasteiger partial charge in [0.25, 0.3) is 5.91 Å². The second-order valence-electron chi connectivity index (χ2n) is 5.47. The molecule has 0 spiro atoms. The molecule has 1 rings (SSSR count). The number of carbonyl (C=O) groups excluding carboxylic acids is 1. The van der Waals surface area contributed by atoms with Crippen molar-refractivity contribution in [1.29, 1.82) is 0 Å². The van der Waals surface area contributed by atoms with Crippen LogP contribution in [-0.4, -0.2) is 31.4 Å². The Hall–Kier alpha value is -1.93. The molecule has 128 valence electrons. The van der Waals surface area contributed by atoms with Crippen LogP contribution in [0.15, 0.2) is 17.0 Å². The number of hydrogen-bond donors (Lipinski definition) is 3. The van der Waals surface area contributed by atoms with E-state index in [1.165, 1.54) is 12.1 Å². The SMILES string of the molecule is CCCCC(NC(=O)c1cc(C)c(C)c(S(N)(=O)=O)c1)C(=O)O. The molecule has 0 aliphatic rings. The molecule has 23 heavy (non-hydrogen) atoms. The van der Waals surface area contributed by atoms with E-state index in [4.69, 9.17) is 10.2 Å². The average molecular weight is 342 g/mol. The number of carboxylic acid groups (broad SMARTS) is 1. The van der Waals surface area contributed by atoms with Gasteiger partial charge in [0.1, 0.15) is 6.04 Å². The fourth-order valence-electron chi connectivity index (χ4n) is 2.16. The number of primary sulfonamides is 1. The Kier molecular flexibility index (Phi) is 6.28. The van der Waals surface area contributed by atoms with Crippen molar-refractivity contribution in [2.45, 2.75) is 51.0 Å². The van der Waals surface area contributed by atoms with Crippen LogP contribution in [0.2, 0.25) is 0 Å². The van der Waals surface area contributed by atoms with Gasteiger partial charge in [0.05, 0.1) is 4.90 Å². The van der Waals surface area contributed by atoms with Crippen LogP contribution in [-0.2, 0) is 14.8 Å². The van der Waals surface area contributed by atoms with E-state index in [-0.39, 0.29) is 10.5 Å². The number of sulfonamides is 1. The number of rotatable bonds is 7. The van der Waals surface area contributed by atoms with E-state index in [9.17, 15) is 18.0 Å². The summed E-state index contributed by atoms with van der Waals surface area (Å²) in [6.07, 6.45) is 1.77. The number of carbonyl (C=O) groups is 2. The zero-order valence-corrected chi connectivity index (χ0v) is 14.2. The van der Waals surface area contributed by atoms with E-state index in [0.29, 0.717) is 24.0 Å². The van der Waals surface area contributed by atoms with Gasteiger partial charge in [-0.2, -0.15) is 0 Å². The summed E-state index contributed by atoms with van der Waals surface area (Å²) in [7, 11) is -3.97. The van der Waals surface area contributed by atoms with Crippen molar-refractivity contribution in [1.82, 2.24) is 5.32 Å². The molecule has 0 fully saturated rings. The largest absolute Gasteiger partial charge is 0.480 e. The van der Waals surface area contributed by atoms with Crippen LogP contribution in [0.1, 0.15) is 47.7 Å². The van der Waals surface area contributed by atoms with Crippen molar-refractivity contribution in [3.8, 4) is 0 Å². The minimum absolute atomic E-state index is 0.0693. The van der Waals surface area contributed by atoms with E-state index in [2.05, 4.69) is 5.32 Å². The zero-order chi connectivity index (χ0) is 17.8. The van der Waals surface area contributed by atoms with Crippen molar-refractivity contribution in [2.75, 3.05) is 0 Å². The van der Waals surface area contributed by atoms with Crippen molar-refractivity contribution in [2.24, 2.45) is 5.14 Å². The molecule has 0 aliphatic heterocycles. The molecule has 0 saturated carbocycles. The van der Waals surface area contributed by atoms with Gasteiger partial charge < -0.3 is 10.4 Å². The second-order valence-corrected chi connectivity index (χ2v) is 7.00. The van der Waals surface area contributed by atoms with Gasteiger partial charge in [0.2, 0.25) is 10.0 Å². The first kappa shape index (κ1) is 19.1. The summed E-state index contributed by atoms with van der Waals surface area (Å²) in [5.74, 6) is -1.76. The Bertz CT molecular complexity index is 713. The molecule has 0 aromatic heterocycles. The van der Waals surface area contributed by atoms with Gasteiger partial charge in [-0.3, -0.25) is 4.79 Å². The number of hydrogen-bond acceptors (Lipinski definition) is 4. The molecule has 0 saturated heterocycles.